The number of nitriles is 1. The maximum atomic E-state index is 10.9. The van der Waals surface area contributed by atoms with E-state index in [9.17, 15) is 4.79 Å². The molecule has 4 aromatic rings. The van der Waals surface area contributed by atoms with Gasteiger partial charge in [-0.1, -0.05) is 72.8 Å². The van der Waals surface area contributed by atoms with E-state index in [1.807, 2.05) is 84.9 Å². The topological polar surface area (TPSA) is 106 Å². The Morgan fingerprint density at radius 3 is 1.97 bits per heavy atom. The van der Waals surface area contributed by atoms with E-state index in [1.165, 1.54) is 0 Å². The molecule has 194 valence electrons. The van der Waals surface area contributed by atoms with E-state index in [2.05, 4.69) is 0 Å². The number of ether oxygens (including phenoxy) is 2. The highest BCUT2D eigenvalue weighted by molar-refractivity contribution is 5.79. The van der Waals surface area contributed by atoms with Crippen molar-refractivity contribution in [1.29, 1.82) is 5.26 Å². The van der Waals surface area contributed by atoms with Crippen molar-refractivity contribution in [2.75, 3.05) is 6.61 Å². The maximum Gasteiger partial charge on any atom is 0.153 e. The number of hydrogen-bond donors (Lipinski definition) is 2. The van der Waals surface area contributed by atoms with E-state index in [0.29, 0.717) is 36.6 Å². The fourth-order valence-electron chi connectivity index (χ4n) is 3.63. The third kappa shape index (κ3) is 8.90. The lowest BCUT2D eigenvalue weighted by molar-refractivity contribution is 0.111. The molecule has 0 saturated heterocycles. The van der Waals surface area contributed by atoms with Gasteiger partial charge in [0.2, 0.25) is 0 Å². The van der Waals surface area contributed by atoms with Gasteiger partial charge in [-0.15, -0.1) is 0 Å². The zero-order chi connectivity index (χ0) is 27.0. The van der Waals surface area contributed by atoms with Crippen molar-refractivity contribution in [1.82, 2.24) is 0 Å². The molecule has 6 heteroatoms. The molecule has 0 spiro atoms. The molecule has 38 heavy (non-hydrogen) atoms. The monoisotopic (exact) mass is 508 g/mol. The number of carbonyl (C=O) groups excluding carboxylic acids is 1. The van der Waals surface area contributed by atoms with Gasteiger partial charge in [-0.3, -0.25) is 4.79 Å². The van der Waals surface area contributed by atoms with Gasteiger partial charge in [0.25, 0.3) is 0 Å². The molecule has 0 atom stereocenters. The van der Waals surface area contributed by atoms with Crippen molar-refractivity contribution in [3.63, 3.8) is 0 Å². The first kappa shape index (κ1) is 28.1. The van der Waals surface area contributed by atoms with Crippen LogP contribution in [0.5, 0.6) is 11.5 Å². The van der Waals surface area contributed by atoms with Crippen molar-refractivity contribution in [3.8, 4) is 17.6 Å². The molecule has 0 bridgehead atoms. The number of carbonyl (C=O) groups is 1. The van der Waals surface area contributed by atoms with Crippen LogP contribution in [0.1, 0.15) is 44.6 Å². The number of aliphatic hydroxyl groups is 1. The summed E-state index contributed by atoms with van der Waals surface area (Å²) >= 11 is 0. The normalized spacial score (nSPS) is 10.0. The summed E-state index contributed by atoms with van der Waals surface area (Å²) < 4.78 is 11.5. The summed E-state index contributed by atoms with van der Waals surface area (Å²) in [6.07, 6.45) is 2.27. The van der Waals surface area contributed by atoms with Crippen LogP contribution in [0.3, 0.4) is 0 Å². The van der Waals surface area contributed by atoms with Gasteiger partial charge < -0.3 is 20.3 Å². The Morgan fingerprint density at radius 1 is 0.789 bits per heavy atom. The van der Waals surface area contributed by atoms with Crippen LogP contribution in [0, 0.1) is 11.3 Å². The van der Waals surface area contributed by atoms with Gasteiger partial charge in [0, 0.05) is 13.2 Å². The Balaban J connectivity index is 0.000000212. The van der Waals surface area contributed by atoms with Crippen LogP contribution < -0.4 is 15.2 Å². The average molecular weight is 509 g/mol. The van der Waals surface area contributed by atoms with Gasteiger partial charge in [0.1, 0.15) is 24.7 Å². The predicted molar refractivity (Wildman–Crippen MR) is 148 cm³/mol. The van der Waals surface area contributed by atoms with Crippen LogP contribution >= 0.6 is 0 Å². The molecule has 0 aliphatic carbocycles. The number of aliphatic hydroxyl groups excluding tert-OH is 1. The fourth-order valence-corrected chi connectivity index (χ4v) is 3.63. The zero-order valence-electron chi connectivity index (χ0n) is 21.3. The average Bonchev–Trinajstić information content (AvgIpc) is 2.99. The molecular formula is C32H32N2O4. The zero-order valence-corrected chi connectivity index (χ0v) is 21.3. The second-order valence-electron chi connectivity index (χ2n) is 8.50. The van der Waals surface area contributed by atoms with Crippen molar-refractivity contribution in [3.05, 3.63) is 130 Å². The number of aldehydes is 1. The van der Waals surface area contributed by atoms with E-state index >= 15 is 0 Å². The minimum Gasteiger partial charge on any atom is -0.489 e. The minimum atomic E-state index is 0.191. The molecule has 3 N–H and O–H groups in total. The summed E-state index contributed by atoms with van der Waals surface area (Å²) in [5.74, 6) is 1.30. The summed E-state index contributed by atoms with van der Waals surface area (Å²) in [4.78, 5) is 10.9. The van der Waals surface area contributed by atoms with Crippen molar-refractivity contribution < 1.29 is 19.4 Å². The third-order valence-electron chi connectivity index (χ3n) is 5.72. The summed E-state index contributed by atoms with van der Waals surface area (Å²) in [7, 11) is 0. The van der Waals surface area contributed by atoms with Gasteiger partial charge in [-0.05, 0) is 59.4 Å². The Bertz CT molecular complexity index is 1320. The molecule has 0 heterocycles. The van der Waals surface area contributed by atoms with Gasteiger partial charge >= 0.3 is 0 Å². The fraction of sp³-hybridized carbons (Fsp3) is 0.188. The summed E-state index contributed by atoms with van der Waals surface area (Å²) in [6.45, 7) is 1.61. The first-order valence-corrected chi connectivity index (χ1v) is 12.4. The highest BCUT2D eigenvalue weighted by Crippen LogP contribution is 2.23. The maximum absolute atomic E-state index is 10.9. The Hall–Kier alpha value is -4.44. The van der Waals surface area contributed by atoms with E-state index in [-0.39, 0.29) is 6.61 Å². The van der Waals surface area contributed by atoms with Crippen LogP contribution in [0.25, 0.3) is 0 Å². The Kier molecular flexibility index (Phi) is 11.6. The molecule has 0 fully saturated rings. The van der Waals surface area contributed by atoms with E-state index < -0.39 is 0 Å². The first-order valence-electron chi connectivity index (χ1n) is 12.4. The standard InChI is InChI=1S/C17H21NO2.C15H11NO2/c18-12-15-8-9-16(7-4-10-19)17(11-15)20-13-14-5-2-1-3-6-14;16-9-13-6-7-14(10-17)15(8-13)18-11-12-4-2-1-3-5-12/h1-3,5-6,8-9,11,19H,4,7,10,12-13,18H2;1-8,10H,11H2. The van der Waals surface area contributed by atoms with Gasteiger partial charge in [0.05, 0.1) is 17.2 Å². The summed E-state index contributed by atoms with van der Waals surface area (Å²) in [5, 5.41) is 17.8. The van der Waals surface area contributed by atoms with Gasteiger partial charge in [-0.25, -0.2) is 0 Å². The minimum absolute atomic E-state index is 0.191. The van der Waals surface area contributed by atoms with Gasteiger partial charge in [0.15, 0.2) is 6.29 Å². The summed E-state index contributed by atoms with van der Waals surface area (Å²) in [5.41, 5.74) is 10.9. The molecule has 4 aromatic carbocycles. The SMILES string of the molecule is N#Cc1ccc(C=O)c(OCc2ccccc2)c1.NCc1ccc(CCCO)c(OCc2ccccc2)c1. The van der Waals surface area contributed by atoms with E-state index in [4.69, 9.17) is 25.6 Å². The van der Waals surface area contributed by atoms with E-state index in [1.54, 1.807) is 18.2 Å². The summed E-state index contributed by atoms with van der Waals surface area (Å²) in [6, 6.07) is 32.6. The third-order valence-corrected chi connectivity index (χ3v) is 5.72. The van der Waals surface area contributed by atoms with Crippen LogP contribution in [0.4, 0.5) is 0 Å². The Morgan fingerprint density at radius 2 is 1.42 bits per heavy atom. The number of nitrogens with two attached hydrogens (primary N) is 1. The van der Waals surface area contributed by atoms with Crippen molar-refractivity contribution in [2.24, 2.45) is 5.73 Å². The quantitative estimate of drug-likeness (QED) is 0.256. The molecule has 0 saturated carbocycles. The molecule has 0 aliphatic heterocycles. The van der Waals surface area contributed by atoms with Gasteiger partial charge in [-0.2, -0.15) is 5.26 Å². The van der Waals surface area contributed by atoms with E-state index in [0.717, 1.165) is 47.1 Å². The molecule has 0 aliphatic rings. The largest absolute Gasteiger partial charge is 0.489 e. The molecular weight excluding hydrogens is 476 g/mol. The smallest absolute Gasteiger partial charge is 0.153 e. The molecule has 0 unspecified atom stereocenters. The highest BCUT2D eigenvalue weighted by atomic mass is 16.5. The van der Waals surface area contributed by atoms with Crippen LogP contribution in [-0.2, 0) is 26.2 Å². The van der Waals surface area contributed by atoms with Crippen molar-refractivity contribution >= 4 is 6.29 Å². The Labute approximate surface area is 223 Å². The predicted octanol–water partition coefficient (Wildman–Crippen LogP) is 5.60. The molecule has 0 radical (unpaired) electrons. The lowest BCUT2D eigenvalue weighted by Gasteiger charge is -2.13. The van der Waals surface area contributed by atoms with Crippen LogP contribution in [-0.4, -0.2) is 18.0 Å². The lowest BCUT2D eigenvalue weighted by Crippen LogP contribution is -2.02. The van der Waals surface area contributed by atoms with Crippen molar-refractivity contribution in [2.45, 2.75) is 32.6 Å². The molecule has 4 rings (SSSR count). The second kappa shape index (κ2) is 15.6. The number of hydrogen-bond acceptors (Lipinski definition) is 6. The van der Waals surface area contributed by atoms with Crippen LogP contribution in [0.15, 0.2) is 97.1 Å². The second-order valence-corrected chi connectivity index (χ2v) is 8.50. The first-order chi connectivity index (χ1) is 18.7. The number of nitrogens with zero attached hydrogens (tertiary/aromatic N) is 1. The molecule has 6 nitrogen and oxygen atoms in total. The highest BCUT2D eigenvalue weighted by Gasteiger charge is 2.06. The molecule has 0 amide bonds. The number of benzene rings is 4. The molecule has 0 aromatic heterocycles. The number of rotatable bonds is 11. The number of aryl methyl sites for hydroxylation is 1. The lowest BCUT2D eigenvalue weighted by atomic mass is 10.1. The van der Waals surface area contributed by atoms with Crippen LogP contribution in [0.2, 0.25) is 0 Å².